The lowest BCUT2D eigenvalue weighted by Gasteiger charge is -2.60. The van der Waals surface area contributed by atoms with Crippen molar-refractivity contribution in [3.8, 4) is 0 Å². The largest absolute Gasteiger partial charge is 0.307 e. The van der Waals surface area contributed by atoms with Crippen molar-refractivity contribution in [3.05, 3.63) is 70.8 Å². The fourth-order valence-corrected chi connectivity index (χ4v) is 5.95. The molecule has 1 saturated carbocycles. The molecule has 4 atom stereocenters. The highest BCUT2D eigenvalue weighted by Crippen LogP contribution is 2.66. The van der Waals surface area contributed by atoms with Crippen molar-refractivity contribution < 1.29 is 0 Å². The van der Waals surface area contributed by atoms with E-state index in [9.17, 15) is 0 Å². The maximum absolute atomic E-state index is 3.70. The summed E-state index contributed by atoms with van der Waals surface area (Å²) in [6, 6.07) is 18.5. The molecule has 0 heterocycles. The second kappa shape index (κ2) is 5.96. The van der Waals surface area contributed by atoms with E-state index < -0.39 is 0 Å². The first-order chi connectivity index (χ1) is 12.4. The molecule has 2 aromatic rings. The van der Waals surface area contributed by atoms with Crippen molar-refractivity contribution in [2.24, 2.45) is 5.92 Å². The van der Waals surface area contributed by atoms with Gasteiger partial charge in [0.15, 0.2) is 0 Å². The minimum atomic E-state index is -0.143. The SMILES string of the molecule is CCC(C)CC12CCC1(C)c1ccccc1C(C)(NC)c1ccccc12. The molecule has 138 valence electrons. The minimum absolute atomic E-state index is 0.143. The molecule has 0 amide bonds. The summed E-state index contributed by atoms with van der Waals surface area (Å²) in [5.41, 5.74) is 6.41. The number of nitrogens with one attached hydrogen (secondary N) is 1. The Morgan fingerprint density at radius 2 is 1.42 bits per heavy atom. The van der Waals surface area contributed by atoms with Gasteiger partial charge in [-0.3, -0.25) is 0 Å². The summed E-state index contributed by atoms with van der Waals surface area (Å²) in [6.07, 6.45) is 5.13. The zero-order valence-corrected chi connectivity index (χ0v) is 17.0. The van der Waals surface area contributed by atoms with E-state index in [0.29, 0.717) is 0 Å². The first kappa shape index (κ1) is 17.8. The molecule has 0 spiro atoms. The number of rotatable bonds is 4. The van der Waals surface area contributed by atoms with Gasteiger partial charge in [-0.05, 0) is 61.4 Å². The molecule has 1 fully saturated rings. The van der Waals surface area contributed by atoms with Gasteiger partial charge in [0.25, 0.3) is 0 Å². The monoisotopic (exact) mass is 347 g/mol. The van der Waals surface area contributed by atoms with Gasteiger partial charge in [0.2, 0.25) is 0 Å². The first-order valence-electron chi connectivity index (χ1n) is 10.3. The Balaban J connectivity index is 2.07. The molecule has 4 unspecified atom stereocenters. The fourth-order valence-electron chi connectivity index (χ4n) is 5.95. The average molecular weight is 348 g/mol. The summed E-state index contributed by atoms with van der Waals surface area (Å²) in [6.45, 7) is 9.68. The van der Waals surface area contributed by atoms with E-state index in [1.807, 2.05) is 0 Å². The van der Waals surface area contributed by atoms with Crippen LogP contribution in [0.15, 0.2) is 48.5 Å². The third-order valence-electron chi connectivity index (χ3n) is 8.04. The van der Waals surface area contributed by atoms with Crippen LogP contribution in [-0.2, 0) is 16.4 Å². The second-order valence-electron chi connectivity index (χ2n) is 9.10. The van der Waals surface area contributed by atoms with Gasteiger partial charge in [0, 0.05) is 10.8 Å². The zero-order valence-electron chi connectivity index (χ0n) is 17.0. The third-order valence-corrected chi connectivity index (χ3v) is 8.04. The smallest absolute Gasteiger partial charge is 0.0665 e. The standard InChI is InChI=1S/C25H33N/c1-6-18(2)17-25-16-15-23(25,3)19-11-7-8-12-20(19)24(4,26-5)21-13-9-10-14-22(21)25/h7-14,18,26H,6,15-17H2,1-5H3. The summed E-state index contributed by atoms with van der Waals surface area (Å²) in [7, 11) is 2.12. The van der Waals surface area contributed by atoms with Crippen molar-refractivity contribution in [2.45, 2.75) is 69.7 Å². The molecule has 0 saturated heterocycles. The molecule has 26 heavy (non-hydrogen) atoms. The Bertz CT molecular complexity index is 824. The number of fused-ring (bicyclic) bond motifs is 5. The molecule has 4 rings (SSSR count). The Morgan fingerprint density at radius 3 is 1.92 bits per heavy atom. The van der Waals surface area contributed by atoms with Crippen molar-refractivity contribution in [2.75, 3.05) is 7.05 Å². The van der Waals surface area contributed by atoms with E-state index in [4.69, 9.17) is 0 Å². The predicted octanol–water partition coefficient (Wildman–Crippen LogP) is 5.91. The lowest BCUT2D eigenvalue weighted by atomic mass is 9.43. The molecule has 1 N–H and O–H groups in total. The molecule has 0 aliphatic heterocycles. The highest BCUT2D eigenvalue weighted by Gasteiger charge is 2.61. The van der Waals surface area contributed by atoms with Crippen molar-refractivity contribution in [1.82, 2.24) is 5.32 Å². The van der Waals surface area contributed by atoms with Crippen LogP contribution in [0.2, 0.25) is 0 Å². The van der Waals surface area contributed by atoms with Gasteiger partial charge in [-0.25, -0.2) is 0 Å². The van der Waals surface area contributed by atoms with Gasteiger partial charge in [-0.2, -0.15) is 0 Å². The van der Waals surface area contributed by atoms with Gasteiger partial charge in [-0.1, -0.05) is 75.7 Å². The zero-order chi connectivity index (χ0) is 18.6. The minimum Gasteiger partial charge on any atom is -0.307 e. The van der Waals surface area contributed by atoms with E-state index >= 15 is 0 Å². The van der Waals surface area contributed by atoms with Crippen LogP contribution >= 0.6 is 0 Å². The summed E-state index contributed by atoms with van der Waals surface area (Å²) >= 11 is 0. The van der Waals surface area contributed by atoms with Crippen LogP contribution < -0.4 is 5.32 Å². The second-order valence-corrected chi connectivity index (χ2v) is 9.10. The van der Waals surface area contributed by atoms with E-state index in [0.717, 1.165) is 5.92 Å². The summed E-state index contributed by atoms with van der Waals surface area (Å²) in [4.78, 5) is 0. The molecule has 0 aromatic heterocycles. The van der Waals surface area contributed by atoms with Crippen LogP contribution in [0, 0.1) is 5.92 Å². The Hall–Kier alpha value is -1.60. The lowest BCUT2D eigenvalue weighted by molar-refractivity contribution is 0.0623. The average Bonchev–Trinajstić information content (AvgIpc) is 2.72. The van der Waals surface area contributed by atoms with Crippen molar-refractivity contribution >= 4 is 0 Å². The van der Waals surface area contributed by atoms with Gasteiger partial charge < -0.3 is 5.32 Å². The van der Waals surface area contributed by atoms with Crippen LogP contribution in [0.4, 0.5) is 0 Å². The van der Waals surface area contributed by atoms with Crippen LogP contribution in [0.1, 0.15) is 75.6 Å². The molecular weight excluding hydrogens is 314 g/mol. The number of hydrogen-bond acceptors (Lipinski definition) is 1. The summed E-state index contributed by atoms with van der Waals surface area (Å²) < 4.78 is 0. The van der Waals surface area contributed by atoms with Crippen LogP contribution in [0.3, 0.4) is 0 Å². The van der Waals surface area contributed by atoms with Gasteiger partial charge in [-0.15, -0.1) is 0 Å². The van der Waals surface area contributed by atoms with E-state index in [1.165, 1.54) is 36.8 Å². The van der Waals surface area contributed by atoms with Gasteiger partial charge in [0.1, 0.15) is 0 Å². The first-order valence-corrected chi connectivity index (χ1v) is 10.3. The normalized spacial score (nSPS) is 33.3. The molecule has 1 heteroatoms. The van der Waals surface area contributed by atoms with Crippen molar-refractivity contribution in [1.29, 1.82) is 0 Å². The maximum atomic E-state index is 3.70. The van der Waals surface area contributed by atoms with E-state index in [-0.39, 0.29) is 16.4 Å². The molecule has 2 aliphatic carbocycles. The predicted molar refractivity (Wildman–Crippen MR) is 111 cm³/mol. The number of benzene rings is 2. The highest BCUT2D eigenvalue weighted by molar-refractivity contribution is 5.58. The van der Waals surface area contributed by atoms with E-state index in [2.05, 4.69) is 88.6 Å². The Morgan fingerprint density at radius 1 is 0.885 bits per heavy atom. The topological polar surface area (TPSA) is 12.0 Å². The molecule has 1 nitrogen and oxygen atoms in total. The number of hydrogen-bond donors (Lipinski definition) is 1. The fraction of sp³-hybridized carbons (Fsp3) is 0.520. The third kappa shape index (κ3) is 2.07. The van der Waals surface area contributed by atoms with Crippen LogP contribution in [-0.4, -0.2) is 7.05 Å². The lowest BCUT2D eigenvalue weighted by Crippen LogP contribution is -2.56. The summed E-state index contributed by atoms with van der Waals surface area (Å²) in [5.74, 6) is 0.744. The highest BCUT2D eigenvalue weighted by atomic mass is 14.9. The van der Waals surface area contributed by atoms with Crippen molar-refractivity contribution in [3.63, 3.8) is 0 Å². The van der Waals surface area contributed by atoms with Gasteiger partial charge in [0.05, 0.1) is 5.54 Å². The Labute approximate surface area is 159 Å². The maximum Gasteiger partial charge on any atom is 0.0665 e. The quantitative estimate of drug-likeness (QED) is 0.725. The van der Waals surface area contributed by atoms with Gasteiger partial charge >= 0.3 is 0 Å². The van der Waals surface area contributed by atoms with E-state index in [1.54, 1.807) is 11.1 Å². The van der Waals surface area contributed by atoms with Crippen LogP contribution in [0.25, 0.3) is 0 Å². The molecule has 0 bridgehead atoms. The van der Waals surface area contributed by atoms with Crippen LogP contribution in [0.5, 0.6) is 0 Å². The molecule has 2 aromatic carbocycles. The summed E-state index contributed by atoms with van der Waals surface area (Å²) in [5, 5.41) is 3.70. The molecule has 0 radical (unpaired) electrons. The molecule has 2 aliphatic rings. The molecular formula is C25H33N. The Kier molecular flexibility index (Phi) is 4.08.